The van der Waals surface area contributed by atoms with E-state index < -0.39 is 0 Å². The molecule has 4 heteroatoms. The third-order valence-corrected chi connectivity index (χ3v) is 4.46. The third kappa shape index (κ3) is 2.75. The van der Waals surface area contributed by atoms with E-state index in [2.05, 4.69) is 22.1 Å². The van der Waals surface area contributed by atoms with Crippen LogP contribution >= 0.6 is 0 Å². The largest absolute Gasteiger partial charge is 0.497 e. The molecule has 0 bridgehead atoms. The lowest BCUT2D eigenvalue weighted by atomic mass is 10.1. The lowest BCUT2D eigenvalue weighted by molar-refractivity contribution is -0.124. The van der Waals surface area contributed by atoms with Crippen LogP contribution in [-0.2, 0) is 18.4 Å². The number of aryl methyl sites for hydroxylation is 1. The minimum Gasteiger partial charge on any atom is -0.497 e. The minimum absolute atomic E-state index is 0.201. The molecule has 21 heavy (non-hydrogen) atoms. The van der Waals surface area contributed by atoms with Crippen molar-refractivity contribution < 1.29 is 9.53 Å². The molecule has 1 N–H and O–H groups in total. The molecular formula is C17H22N2O2. The maximum atomic E-state index is 12.1. The van der Waals surface area contributed by atoms with Gasteiger partial charge in [-0.1, -0.05) is 12.8 Å². The molecule has 0 aliphatic heterocycles. The van der Waals surface area contributed by atoms with Crippen LogP contribution in [0, 0.1) is 5.92 Å². The topological polar surface area (TPSA) is 43.3 Å². The molecule has 3 rings (SSSR count). The first-order valence-electron chi connectivity index (χ1n) is 7.58. The first-order chi connectivity index (χ1) is 10.2. The Morgan fingerprint density at radius 2 is 2.14 bits per heavy atom. The number of nitrogens with zero attached hydrogens (tertiary/aromatic N) is 1. The van der Waals surface area contributed by atoms with Crippen molar-refractivity contribution in [2.45, 2.75) is 32.2 Å². The molecule has 1 fully saturated rings. The number of nitrogens with one attached hydrogen (secondary N) is 1. The van der Waals surface area contributed by atoms with Gasteiger partial charge in [-0.2, -0.15) is 0 Å². The van der Waals surface area contributed by atoms with Crippen molar-refractivity contribution in [3.63, 3.8) is 0 Å². The SMILES string of the molecule is COc1ccc2c(c1)c(CNC(=O)C1CCCC1)cn2C. The normalized spacial score (nSPS) is 15.5. The van der Waals surface area contributed by atoms with E-state index in [1.165, 1.54) is 12.8 Å². The van der Waals surface area contributed by atoms with Crippen molar-refractivity contribution in [2.75, 3.05) is 7.11 Å². The molecule has 1 saturated carbocycles. The molecule has 0 saturated heterocycles. The van der Waals surface area contributed by atoms with E-state index in [-0.39, 0.29) is 11.8 Å². The molecule has 1 aliphatic carbocycles. The van der Waals surface area contributed by atoms with Gasteiger partial charge in [0.25, 0.3) is 0 Å². The monoisotopic (exact) mass is 286 g/mol. The zero-order valence-electron chi connectivity index (χ0n) is 12.7. The van der Waals surface area contributed by atoms with Gasteiger partial charge >= 0.3 is 0 Å². The fourth-order valence-corrected chi connectivity index (χ4v) is 3.24. The van der Waals surface area contributed by atoms with Crippen LogP contribution in [0.3, 0.4) is 0 Å². The fourth-order valence-electron chi connectivity index (χ4n) is 3.24. The number of carbonyl (C=O) groups excluding carboxylic acids is 1. The number of methoxy groups -OCH3 is 1. The lowest BCUT2D eigenvalue weighted by Crippen LogP contribution is -2.28. The Bertz CT molecular complexity index is 654. The Kier molecular flexibility index (Phi) is 3.86. The molecule has 0 unspecified atom stereocenters. The number of benzene rings is 1. The van der Waals surface area contributed by atoms with Crippen molar-refractivity contribution in [2.24, 2.45) is 13.0 Å². The predicted molar refractivity (Wildman–Crippen MR) is 83.3 cm³/mol. The van der Waals surface area contributed by atoms with Gasteiger partial charge in [-0.3, -0.25) is 4.79 Å². The number of rotatable bonds is 4. The third-order valence-electron chi connectivity index (χ3n) is 4.46. The smallest absolute Gasteiger partial charge is 0.223 e. The van der Waals surface area contributed by atoms with Crippen LogP contribution in [0.25, 0.3) is 10.9 Å². The number of amides is 1. The van der Waals surface area contributed by atoms with Gasteiger partial charge in [0.15, 0.2) is 0 Å². The summed E-state index contributed by atoms with van der Waals surface area (Å²) in [7, 11) is 3.70. The maximum absolute atomic E-state index is 12.1. The van der Waals surface area contributed by atoms with Crippen LogP contribution in [-0.4, -0.2) is 17.6 Å². The zero-order chi connectivity index (χ0) is 14.8. The molecule has 112 valence electrons. The molecule has 0 radical (unpaired) electrons. The molecule has 1 amide bonds. The summed E-state index contributed by atoms with van der Waals surface area (Å²) in [4.78, 5) is 12.1. The minimum atomic E-state index is 0.201. The van der Waals surface area contributed by atoms with E-state index in [0.29, 0.717) is 6.54 Å². The highest BCUT2D eigenvalue weighted by atomic mass is 16.5. The second-order valence-electron chi connectivity index (χ2n) is 5.85. The van der Waals surface area contributed by atoms with Gasteiger partial charge < -0.3 is 14.6 Å². The predicted octanol–water partition coefficient (Wildman–Crippen LogP) is 2.99. The van der Waals surface area contributed by atoms with Crippen LogP contribution in [0.4, 0.5) is 0 Å². The van der Waals surface area contributed by atoms with E-state index in [0.717, 1.165) is 35.1 Å². The van der Waals surface area contributed by atoms with Gasteiger partial charge in [0.1, 0.15) is 5.75 Å². The molecule has 1 aromatic carbocycles. The van der Waals surface area contributed by atoms with Crippen molar-refractivity contribution in [1.29, 1.82) is 0 Å². The number of aromatic nitrogens is 1. The van der Waals surface area contributed by atoms with Crippen molar-refractivity contribution in [1.82, 2.24) is 9.88 Å². The molecule has 1 aliphatic rings. The first-order valence-corrected chi connectivity index (χ1v) is 7.58. The van der Waals surface area contributed by atoms with Crippen LogP contribution < -0.4 is 10.1 Å². The summed E-state index contributed by atoms with van der Waals surface area (Å²) in [6, 6.07) is 6.05. The quantitative estimate of drug-likeness (QED) is 0.939. The molecule has 4 nitrogen and oxygen atoms in total. The molecule has 1 heterocycles. The Morgan fingerprint density at radius 3 is 2.86 bits per heavy atom. The Balaban J connectivity index is 1.78. The Morgan fingerprint density at radius 1 is 1.38 bits per heavy atom. The number of carbonyl (C=O) groups is 1. The van der Waals surface area contributed by atoms with Crippen LogP contribution in [0.5, 0.6) is 5.75 Å². The summed E-state index contributed by atoms with van der Waals surface area (Å²) in [6.07, 6.45) is 6.52. The number of hydrogen-bond donors (Lipinski definition) is 1. The number of ether oxygens (including phenoxy) is 1. The van der Waals surface area contributed by atoms with Gasteiger partial charge in [-0.15, -0.1) is 0 Å². The number of fused-ring (bicyclic) bond motifs is 1. The number of hydrogen-bond acceptors (Lipinski definition) is 2. The zero-order valence-corrected chi connectivity index (χ0v) is 12.7. The summed E-state index contributed by atoms with van der Waals surface area (Å²) < 4.78 is 7.39. The van der Waals surface area contributed by atoms with Gasteiger partial charge in [-0.25, -0.2) is 0 Å². The van der Waals surface area contributed by atoms with E-state index in [1.807, 2.05) is 19.2 Å². The van der Waals surface area contributed by atoms with Gasteiger partial charge in [0.2, 0.25) is 5.91 Å². The molecule has 1 aromatic heterocycles. The molecule has 2 aromatic rings. The average molecular weight is 286 g/mol. The first kappa shape index (κ1) is 14.0. The van der Waals surface area contributed by atoms with Crippen molar-refractivity contribution in [3.8, 4) is 5.75 Å². The van der Waals surface area contributed by atoms with Crippen LogP contribution in [0.2, 0.25) is 0 Å². The van der Waals surface area contributed by atoms with E-state index >= 15 is 0 Å². The molecule has 0 atom stereocenters. The van der Waals surface area contributed by atoms with Gasteiger partial charge in [0, 0.05) is 36.6 Å². The highest BCUT2D eigenvalue weighted by molar-refractivity contribution is 5.86. The van der Waals surface area contributed by atoms with E-state index in [1.54, 1.807) is 7.11 Å². The lowest BCUT2D eigenvalue weighted by Gasteiger charge is -2.10. The summed E-state index contributed by atoms with van der Waals surface area (Å²) >= 11 is 0. The summed E-state index contributed by atoms with van der Waals surface area (Å²) in [5.41, 5.74) is 2.29. The molecular weight excluding hydrogens is 264 g/mol. The van der Waals surface area contributed by atoms with E-state index in [9.17, 15) is 4.79 Å². The van der Waals surface area contributed by atoms with Crippen molar-refractivity contribution in [3.05, 3.63) is 30.0 Å². The fraction of sp³-hybridized carbons (Fsp3) is 0.471. The highest BCUT2D eigenvalue weighted by Gasteiger charge is 2.22. The Labute approximate surface area is 125 Å². The second-order valence-corrected chi connectivity index (χ2v) is 5.85. The maximum Gasteiger partial charge on any atom is 0.223 e. The average Bonchev–Trinajstić information content (AvgIpc) is 3.13. The van der Waals surface area contributed by atoms with Gasteiger partial charge in [0.05, 0.1) is 7.11 Å². The highest BCUT2D eigenvalue weighted by Crippen LogP contribution is 2.27. The second kappa shape index (κ2) is 5.80. The Hall–Kier alpha value is -1.97. The standard InChI is InChI=1S/C17H22N2O2/c1-19-11-13(10-18-17(20)12-5-3-4-6-12)15-9-14(21-2)7-8-16(15)19/h7-9,11-12H,3-6,10H2,1-2H3,(H,18,20). The summed E-state index contributed by atoms with van der Waals surface area (Å²) in [5.74, 6) is 1.26. The molecule has 0 spiro atoms. The van der Waals surface area contributed by atoms with Crippen molar-refractivity contribution >= 4 is 16.8 Å². The van der Waals surface area contributed by atoms with E-state index in [4.69, 9.17) is 4.74 Å². The van der Waals surface area contributed by atoms with Crippen LogP contribution in [0.1, 0.15) is 31.2 Å². The summed E-state index contributed by atoms with van der Waals surface area (Å²) in [5, 5.41) is 4.23. The summed E-state index contributed by atoms with van der Waals surface area (Å²) in [6.45, 7) is 0.583. The van der Waals surface area contributed by atoms with Gasteiger partial charge in [-0.05, 0) is 36.6 Å². The van der Waals surface area contributed by atoms with Crippen LogP contribution in [0.15, 0.2) is 24.4 Å².